The molecule has 3 aliphatic rings. The molecule has 3 fully saturated rings. The summed E-state index contributed by atoms with van der Waals surface area (Å²) in [5, 5.41) is 14.1. The zero-order valence-electron chi connectivity index (χ0n) is 17.8. The van der Waals surface area contributed by atoms with Gasteiger partial charge in [0.25, 0.3) is 11.6 Å². The number of ether oxygens (including phenoxy) is 2. The van der Waals surface area contributed by atoms with Crippen LogP contribution in [-0.2, 0) is 25.7 Å². The highest BCUT2D eigenvalue weighted by atomic mass is 32.1. The van der Waals surface area contributed by atoms with Gasteiger partial charge in [-0.15, -0.1) is 0 Å². The van der Waals surface area contributed by atoms with E-state index >= 15 is 0 Å². The van der Waals surface area contributed by atoms with E-state index in [0.29, 0.717) is 31.7 Å². The standard InChI is InChI=1S/C20H25N5O7S/c21-18(28)31-10-5-19(33)12-24-17(27)20(24,23-8-6-22-7-9-23)15(19)16(26)32-11-13-1-3-14(4-2-13)25(29)30/h1-4,15,22,33H,5-12H2,(H2,21,28)/t15?,19-,20+,24?/m1/s1. The SMILES string of the molecule is NC(=O)OCC[C@@]1(S)CN2C(=O)[C@]2(N2CCNCC2)C1C(=O)OCc1ccc([N+](=O)[O-])cc1. The molecule has 33 heavy (non-hydrogen) atoms. The summed E-state index contributed by atoms with van der Waals surface area (Å²) >= 11 is 4.79. The Bertz CT molecular complexity index is 970. The maximum Gasteiger partial charge on any atom is 0.404 e. The summed E-state index contributed by atoms with van der Waals surface area (Å²) in [5.41, 5.74) is 4.43. The third kappa shape index (κ3) is 4.11. The average Bonchev–Trinajstić information content (AvgIpc) is 3.21. The first kappa shape index (κ1) is 23.3. The van der Waals surface area contributed by atoms with E-state index in [1.165, 1.54) is 24.3 Å². The summed E-state index contributed by atoms with van der Waals surface area (Å²) in [6.07, 6.45) is -0.728. The molecule has 0 aromatic heterocycles. The number of hydrogen-bond acceptors (Lipinski definition) is 10. The minimum absolute atomic E-state index is 0.0510. The Kier molecular flexibility index (Phi) is 6.20. The fraction of sp³-hybridized carbons (Fsp3) is 0.550. The molecule has 0 bridgehead atoms. The number of carbonyl (C=O) groups is 3. The van der Waals surface area contributed by atoms with Crippen LogP contribution in [0.5, 0.6) is 0 Å². The zero-order valence-corrected chi connectivity index (χ0v) is 18.7. The number of nitrogens with two attached hydrogens (primary N) is 1. The summed E-state index contributed by atoms with van der Waals surface area (Å²) in [6, 6.07) is 5.68. The third-order valence-electron chi connectivity index (χ3n) is 6.44. The van der Waals surface area contributed by atoms with Crippen molar-refractivity contribution in [3.8, 4) is 0 Å². The number of hydrogen-bond donors (Lipinski definition) is 3. The molecule has 3 N–H and O–H groups in total. The van der Waals surface area contributed by atoms with Crippen molar-refractivity contribution in [3.05, 3.63) is 39.9 Å². The number of carbonyl (C=O) groups excluding carboxylic acids is 3. The number of nitro benzene ring substituents is 1. The van der Waals surface area contributed by atoms with Gasteiger partial charge in [0.15, 0.2) is 5.66 Å². The first-order valence-corrected chi connectivity index (χ1v) is 11.0. The van der Waals surface area contributed by atoms with Gasteiger partial charge in [0.05, 0.1) is 16.3 Å². The van der Waals surface area contributed by atoms with Gasteiger partial charge >= 0.3 is 12.1 Å². The predicted octanol–water partition coefficient (Wildman–Crippen LogP) is -0.134. The highest BCUT2D eigenvalue weighted by molar-refractivity contribution is 7.82. The number of nitrogens with one attached hydrogen (secondary N) is 1. The maximum absolute atomic E-state index is 13.4. The molecule has 1 aromatic rings. The van der Waals surface area contributed by atoms with Crippen LogP contribution in [0.2, 0.25) is 0 Å². The van der Waals surface area contributed by atoms with Gasteiger partial charge in [0.1, 0.15) is 12.5 Å². The molecule has 178 valence electrons. The molecule has 0 radical (unpaired) electrons. The molecule has 0 aliphatic carbocycles. The number of non-ortho nitro benzene ring substituents is 1. The van der Waals surface area contributed by atoms with E-state index in [2.05, 4.69) is 5.32 Å². The third-order valence-corrected chi connectivity index (χ3v) is 7.06. The minimum atomic E-state index is -1.14. The largest absolute Gasteiger partial charge is 0.460 e. The zero-order chi connectivity index (χ0) is 23.8. The Hall–Kier alpha value is -2.90. The summed E-state index contributed by atoms with van der Waals surface area (Å²) in [7, 11) is 0. The Labute approximate surface area is 194 Å². The van der Waals surface area contributed by atoms with Crippen LogP contribution in [0.25, 0.3) is 0 Å². The van der Waals surface area contributed by atoms with Crippen molar-refractivity contribution in [1.29, 1.82) is 0 Å². The number of piperidine rings is 1. The average molecular weight is 480 g/mol. The minimum Gasteiger partial charge on any atom is -0.460 e. The van der Waals surface area contributed by atoms with Gasteiger partial charge in [-0.3, -0.25) is 24.6 Å². The maximum atomic E-state index is 13.4. The van der Waals surface area contributed by atoms with Crippen molar-refractivity contribution in [2.24, 2.45) is 11.7 Å². The fourth-order valence-electron chi connectivity index (χ4n) is 4.87. The van der Waals surface area contributed by atoms with Gasteiger partial charge in [0, 0.05) is 44.9 Å². The molecule has 3 aliphatic heterocycles. The van der Waals surface area contributed by atoms with Gasteiger partial charge in [-0.1, -0.05) is 0 Å². The number of esters is 1. The smallest absolute Gasteiger partial charge is 0.404 e. The molecule has 1 aromatic carbocycles. The Balaban J connectivity index is 1.55. The van der Waals surface area contributed by atoms with E-state index in [1.54, 1.807) is 4.90 Å². The first-order chi connectivity index (χ1) is 15.7. The molecule has 0 spiro atoms. The van der Waals surface area contributed by atoms with Crippen molar-refractivity contribution in [2.75, 3.05) is 39.3 Å². The van der Waals surface area contributed by atoms with Gasteiger partial charge in [-0.05, 0) is 24.1 Å². The predicted molar refractivity (Wildman–Crippen MR) is 117 cm³/mol. The van der Waals surface area contributed by atoms with E-state index in [-0.39, 0.29) is 37.8 Å². The lowest BCUT2D eigenvalue weighted by Crippen LogP contribution is -2.58. The summed E-state index contributed by atoms with van der Waals surface area (Å²) in [4.78, 5) is 51.3. The van der Waals surface area contributed by atoms with Crippen molar-refractivity contribution in [3.63, 3.8) is 0 Å². The Morgan fingerprint density at radius 2 is 1.91 bits per heavy atom. The summed E-state index contributed by atoms with van der Waals surface area (Å²) in [6.45, 7) is 2.56. The van der Waals surface area contributed by atoms with Crippen molar-refractivity contribution in [2.45, 2.75) is 23.4 Å². The highest BCUT2D eigenvalue weighted by Gasteiger charge is 2.81. The number of thiol groups is 1. The van der Waals surface area contributed by atoms with Crippen LogP contribution in [-0.4, -0.2) is 82.4 Å². The lowest BCUT2D eigenvalue weighted by atomic mass is 9.83. The normalized spacial score (nSPS) is 28.8. The van der Waals surface area contributed by atoms with Crippen molar-refractivity contribution >= 4 is 36.3 Å². The number of piperazine rings is 1. The molecule has 3 heterocycles. The number of amides is 2. The van der Waals surface area contributed by atoms with E-state index in [9.17, 15) is 24.5 Å². The molecule has 2 amide bonds. The van der Waals surface area contributed by atoms with Crippen LogP contribution in [0, 0.1) is 16.0 Å². The Morgan fingerprint density at radius 3 is 2.52 bits per heavy atom. The van der Waals surface area contributed by atoms with Gasteiger partial charge in [-0.25, -0.2) is 4.79 Å². The molecular formula is C20H25N5O7S. The quantitative estimate of drug-likeness (QED) is 0.152. The Morgan fingerprint density at radius 1 is 1.24 bits per heavy atom. The van der Waals surface area contributed by atoms with Gasteiger partial charge in [0.2, 0.25) is 0 Å². The summed E-state index contributed by atoms with van der Waals surface area (Å²) in [5.74, 6) is -1.68. The van der Waals surface area contributed by atoms with E-state index in [4.69, 9.17) is 27.8 Å². The number of primary amides is 1. The lowest BCUT2D eigenvalue weighted by molar-refractivity contribution is -0.384. The lowest BCUT2D eigenvalue weighted by Gasteiger charge is -2.38. The molecular weight excluding hydrogens is 454 g/mol. The molecule has 3 saturated heterocycles. The molecule has 3 atom stereocenters. The number of rotatable bonds is 8. The van der Waals surface area contributed by atoms with Crippen LogP contribution in [0.1, 0.15) is 12.0 Å². The van der Waals surface area contributed by atoms with Crippen LogP contribution >= 0.6 is 12.6 Å². The molecule has 13 heteroatoms. The second-order valence-electron chi connectivity index (χ2n) is 8.34. The van der Waals surface area contributed by atoms with Crippen LogP contribution in [0.15, 0.2) is 24.3 Å². The summed E-state index contributed by atoms with van der Waals surface area (Å²) < 4.78 is 9.47. The highest BCUT2D eigenvalue weighted by Crippen LogP contribution is 2.58. The number of benzene rings is 1. The number of nitrogens with zero attached hydrogens (tertiary/aromatic N) is 3. The van der Waals surface area contributed by atoms with E-state index in [1.807, 2.05) is 4.90 Å². The van der Waals surface area contributed by atoms with Crippen molar-refractivity contribution < 1.29 is 28.8 Å². The second-order valence-corrected chi connectivity index (χ2v) is 9.23. The van der Waals surface area contributed by atoms with Crippen LogP contribution < -0.4 is 11.1 Å². The molecule has 4 rings (SSSR count). The number of fused-ring (bicyclic) bond motifs is 1. The molecule has 12 nitrogen and oxygen atoms in total. The van der Waals surface area contributed by atoms with Crippen LogP contribution in [0.4, 0.5) is 10.5 Å². The van der Waals surface area contributed by atoms with Crippen molar-refractivity contribution in [1.82, 2.24) is 15.1 Å². The van der Waals surface area contributed by atoms with E-state index in [0.717, 1.165) is 0 Å². The topological polar surface area (TPSA) is 157 Å². The fourth-order valence-corrected chi connectivity index (χ4v) is 5.39. The van der Waals surface area contributed by atoms with Gasteiger partial charge in [-0.2, -0.15) is 12.6 Å². The first-order valence-electron chi connectivity index (χ1n) is 10.5. The van der Waals surface area contributed by atoms with Gasteiger partial charge < -0.3 is 25.4 Å². The van der Waals surface area contributed by atoms with Crippen LogP contribution in [0.3, 0.4) is 0 Å². The second kappa shape index (κ2) is 8.80. The monoisotopic (exact) mass is 479 g/mol. The molecule has 1 unspecified atom stereocenters. The van der Waals surface area contributed by atoms with E-state index < -0.39 is 33.3 Å². The molecule has 0 saturated carbocycles. The number of nitro groups is 1.